The molecule has 0 aliphatic rings. The van der Waals surface area contributed by atoms with Gasteiger partial charge in [-0.25, -0.2) is 0 Å². The summed E-state index contributed by atoms with van der Waals surface area (Å²) in [5, 5.41) is 0. The van der Waals surface area contributed by atoms with Crippen LogP contribution in [-0.2, 0) is 17.3 Å². The van der Waals surface area contributed by atoms with Gasteiger partial charge in [0.05, 0.1) is 14.2 Å². The van der Waals surface area contributed by atoms with Gasteiger partial charge in [-0.2, -0.15) is 0 Å². The van der Waals surface area contributed by atoms with Crippen LogP contribution in [0.25, 0.3) is 0 Å². The van der Waals surface area contributed by atoms with Crippen molar-refractivity contribution in [2.24, 2.45) is 5.73 Å². The van der Waals surface area contributed by atoms with Crippen molar-refractivity contribution in [3.63, 3.8) is 0 Å². The van der Waals surface area contributed by atoms with Gasteiger partial charge in [0.1, 0.15) is 11.5 Å². The van der Waals surface area contributed by atoms with Gasteiger partial charge in [0.25, 0.3) is 0 Å². The smallest absolute Gasteiger partial charge is 0.248 e. The summed E-state index contributed by atoms with van der Waals surface area (Å²) in [5.74, 6) is 1.28. The molecule has 0 saturated heterocycles. The van der Waals surface area contributed by atoms with Crippen LogP contribution in [0.5, 0.6) is 11.5 Å². The average Bonchev–Trinajstić information content (AvgIpc) is 2.59. The minimum Gasteiger partial charge on any atom is -0.496 e. The lowest BCUT2D eigenvalue weighted by atomic mass is 9.78. The van der Waals surface area contributed by atoms with Gasteiger partial charge in [0.15, 0.2) is 0 Å². The van der Waals surface area contributed by atoms with Crippen LogP contribution >= 0.6 is 0 Å². The second kappa shape index (κ2) is 7.63. The van der Waals surface area contributed by atoms with Crippen LogP contribution in [0.4, 0.5) is 0 Å². The molecule has 146 valence electrons. The number of rotatable bonds is 6. The van der Waals surface area contributed by atoms with Gasteiger partial charge in [0, 0.05) is 11.1 Å². The lowest BCUT2D eigenvalue weighted by molar-refractivity contribution is 0.1000. The molecule has 4 nitrogen and oxygen atoms in total. The molecule has 4 heteroatoms. The van der Waals surface area contributed by atoms with Crippen LogP contribution in [0.15, 0.2) is 36.4 Å². The topological polar surface area (TPSA) is 61.5 Å². The zero-order valence-corrected chi connectivity index (χ0v) is 17.5. The number of benzene rings is 2. The van der Waals surface area contributed by atoms with Gasteiger partial charge in [0.2, 0.25) is 5.91 Å². The van der Waals surface area contributed by atoms with Gasteiger partial charge in [-0.15, -0.1) is 0 Å². The van der Waals surface area contributed by atoms with Crippen LogP contribution in [0.1, 0.15) is 61.7 Å². The van der Waals surface area contributed by atoms with Crippen molar-refractivity contribution >= 4 is 5.91 Å². The molecule has 27 heavy (non-hydrogen) atoms. The van der Waals surface area contributed by atoms with Crippen LogP contribution in [0.3, 0.4) is 0 Å². The Morgan fingerprint density at radius 2 is 1.41 bits per heavy atom. The zero-order valence-electron chi connectivity index (χ0n) is 17.5. The second-order valence-electron chi connectivity index (χ2n) is 8.63. The standard InChI is InChI=1S/C23H31NO3/c1-22(2,3)20-18(26-6)12-15(13-19(20)27-7)14-23(4,5)17-10-8-16(9-11-17)21(24)25/h8-13H,14H2,1-7H3,(H2,24,25). The number of ether oxygens (including phenoxy) is 2. The van der Waals surface area contributed by atoms with Crippen molar-refractivity contribution in [2.45, 2.75) is 51.9 Å². The fourth-order valence-electron chi connectivity index (χ4n) is 3.51. The van der Waals surface area contributed by atoms with Crippen molar-refractivity contribution in [1.29, 1.82) is 0 Å². The van der Waals surface area contributed by atoms with Crippen molar-refractivity contribution < 1.29 is 14.3 Å². The molecule has 0 spiro atoms. The van der Waals surface area contributed by atoms with E-state index in [-0.39, 0.29) is 10.8 Å². The number of carbonyl (C=O) groups is 1. The third-order valence-electron chi connectivity index (χ3n) is 4.91. The Kier molecular flexibility index (Phi) is 5.88. The number of primary amides is 1. The SMILES string of the molecule is COc1cc(CC(C)(C)c2ccc(C(N)=O)cc2)cc(OC)c1C(C)(C)C. The summed E-state index contributed by atoms with van der Waals surface area (Å²) in [6.07, 6.45) is 0.806. The molecule has 0 fully saturated rings. The van der Waals surface area contributed by atoms with Gasteiger partial charge >= 0.3 is 0 Å². The van der Waals surface area contributed by atoms with Gasteiger partial charge in [-0.05, 0) is 52.6 Å². The Balaban J connectivity index is 2.42. The minimum absolute atomic E-state index is 0.0880. The van der Waals surface area contributed by atoms with Crippen LogP contribution in [0.2, 0.25) is 0 Å². The summed E-state index contributed by atoms with van der Waals surface area (Å²) >= 11 is 0. The fourth-order valence-corrected chi connectivity index (χ4v) is 3.51. The lowest BCUT2D eigenvalue weighted by Gasteiger charge is -2.29. The van der Waals surface area contributed by atoms with Crippen LogP contribution < -0.4 is 15.2 Å². The molecule has 2 aromatic rings. The maximum atomic E-state index is 11.3. The first-order chi connectivity index (χ1) is 12.5. The Bertz CT molecular complexity index is 790. The van der Waals surface area contributed by atoms with Crippen molar-refractivity contribution in [3.8, 4) is 11.5 Å². The molecule has 0 unspecified atom stereocenters. The van der Waals surface area contributed by atoms with Crippen LogP contribution in [0, 0.1) is 0 Å². The molecule has 1 amide bonds. The molecule has 0 atom stereocenters. The predicted octanol–water partition coefficient (Wildman–Crippen LogP) is 4.62. The largest absolute Gasteiger partial charge is 0.496 e. The molecule has 0 aliphatic carbocycles. The average molecular weight is 370 g/mol. The maximum absolute atomic E-state index is 11.3. The van der Waals surface area contributed by atoms with E-state index in [9.17, 15) is 4.79 Å². The summed E-state index contributed by atoms with van der Waals surface area (Å²) in [4.78, 5) is 11.3. The Morgan fingerprint density at radius 3 is 1.78 bits per heavy atom. The highest BCUT2D eigenvalue weighted by Crippen LogP contribution is 2.41. The first kappa shape index (κ1) is 20.8. The van der Waals surface area contributed by atoms with Gasteiger partial charge in [-0.1, -0.05) is 46.8 Å². The van der Waals surface area contributed by atoms with E-state index in [2.05, 4.69) is 46.8 Å². The predicted molar refractivity (Wildman–Crippen MR) is 110 cm³/mol. The highest BCUT2D eigenvalue weighted by molar-refractivity contribution is 5.92. The Hall–Kier alpha value is -2.49. The highest BCUT2D eigenvalue weighted by atomic mass is 16.5. The summed E-state index contributed by atoms with van der Waals surface area (Å²) < 4.78 is 11.4. The number of hydrogen-bond donors (Lipinski definition) is 1. The zero-order chi connectivity index (χ0) is 20.4. The third-order valence-corrected chi connectivity index (χ3v) is 4.91. The van der Waals surface area contributed by atoms with E-state index in [1.807, 2.05) is 12.1 Å². The summed E-state index contributed by atoms with van der Waals surface area (Å²) in [7, 11) is 3.39. The van der Waals surface area contributed by atoms with E-state index in [0.29, 0.717) is 5.56 Å². The third kappa shape index (κ3) is 4.62. The number of methoxy groups -OCH3 is 2. The monoisotopic (exact) mass is 369 g/mol. The number of carbonyl (C=O) groups excluding carboxylic acids is 1. The molecule has 0 aromatic heterocycles. The number of nitrogens with two attached hydrogens (primary N) is 1. The first-order valence-electron chi connectivity index (χ1n) is 9.15. The molecular weight excluding hydrogens is 338 g/mol. The van der Waals surface area contributed by atoms with Crippen molar-refractivity contribution in [2.75, 3.05) is 14.2 Å². The summed E-state index contributed by atoms with van der Waals surface area (Å²) in [6, 6.07) is 11.7. The van der Waals surface area contributed by atoms with E-state index in [1.165, 1.54) is 0 Å². The lowest BCUT2D eigenvalue weighted by Crippen LogP contribution is -2.22. The van der Waals surface area contributed by atoms with Crippen molar-refractivity contribution in [1.82, 2.24) is 0 Å². The van der Waals surface area contributed by atoms with E-state index in [1.54, 1.807) is 26.4 Å². The molecule has 0 heterocycles. The minimum atomic E-state index is -0.411. The van der Waals surface area contributed by atoms with Gasteiger partial charge in [-0.3, -0.25) is 4.79 Å². The molecule has 0 aliphatic heterocycles. The number of amides is 1. The van der Waals surface area contributed by atoms with E-state index in [4.69, 9.17) is 15.2 Å². The molecule has 2 aromatic carbocycles. The van der Waals surface area contributed by atoms with E-state index < -0.39 is 5.91 Å². The normalized spacial score (nSPS) is 12.0. The quantitative estimate of drug-likeness (QED) is 0.808. The molecule has 0 saturated carbocycles. The molecular formula is C23H31NO3. The molecule has 0 bridgehead atoms. The fraction of sp³-hybridized carbons (Fsp3) is 0.435. The van der Waals surface area contributed by atoms with E-state index in [0.717, 1.165) is 34.6 Å². The summed E-state index contributed by atoms with van der Waals surface area (Å²) in [6.45, 7) is 10.8. The molecule has 2 rings (SSSR count). The Labute approximate surface area is 162 Å². The van der Waals surface area contributed by atoms with Crippen LogP contribution in [-0.4, -0.2) is 20.1 Å². The summed E-state index contributed by atoms with van der Waals surface area (Å²) in [5.41, 5.74) is 9.00. The molecule has 2 N–H and O–H groups in total. The number of hydrogen-bond acceptors (Lipinski definition) is 3. The maximum Gasteiger partial charge on any atom is 0.248 e. The van der Waals surface area contributed by atoms with E-state index >= 15 is 0 Å². The second-order valence-corrected chi connectivity index (χ2v) is 8.63. The Morgan fingerprint density at radius 1 is 0.926 bits per heavy atom. The highest BCUT2D eigenvalue weighted by Gasteiger charge is 2.27. The van der Waals surface area contributed by atoms with Crippen molar-refractivity contribution in [3.05, 3.63) is 58.7 Å². The van der Waals surface area contributed by atoms with Gasteiger partial charge < -0.3 is 15.2 Å². The first-order valence-corrected chi connectivity index (χ1v) is 9.15. The molecule has 0 radical (unpaired) electrons.